The number of aliphatic hydroxyl groups excluding tert-OH is 1. The molecule has 1 aromatic carbocycles. The van der Waals surface area contributed by atoms with E-state index < -0.39 is 22.0 Å². The first kappa shape index (κ1) is 17.1. The van der Waals surface area contributed by atoms with Crippen molar-refractivity contribution < 1.29 is 18.1 Å². The highest BCUT2D eigenvalue weighted by Crippen LogP contribution is 2.00. The van der Waals surface area contributed by atoms with Crippen LogP contribution in [0.3, 0.4) is 0 Å². The fourth-order valence-corrected chi connectivity index (χ4v) is 1.87. The number of hydrogen-bond acceptors (Lipinski definition) is 4. The maximum Gasteiger partial charge on any atom is 0.267 e. The van der Waals surface area contributed by atoms with Crippen molar-refractivity contribution in [1.29, 1.82) is 0 Å². The third-order valence-electron chi connectivity index (χ3n) is 2.06. The second-order valence-corrected chi connectivity index (χ2v) is 5.37. The summed E-state index contributed by atoms with van der Waals surface area (Å²) in [5.74, 6) is -0.691. The highest BCUT2D eigenvalue weighted by atomic mass is 32.2. The molecule has 0 bridgehead atoms. The number of hydrogen-bond donors (Lipinski definition) is 3. The van der Waals surface area contributed by atoms with Crippen molar-refractivity contribution in [3.8, 4) is 0 Å². The number of aliphatic hydroxyl groups is 1. The van der Waals surface area contributed by atoms with Gasteiger partial charge in [-0.3, -0.25) is 4.55 Å². The lowest BCUT2D eigenvalue weighted by atomic mass is 10.1. The number of aryl methyl sites for hydroxylation is 1. The molecule has 0 aliphatic heterocycles. The van der Waals surface area contributed by atoms with Crippen LogP contribution in [0.15, 0.2) is 30.3 Å². The molecule has 0 aliphatic rings. The van der Waals surface area contributed by atoms with Crippen molar-refractivity contribution >= 4 is 10.1 Å². The summed E-state index contributed by atoms with van der Waals surface area (Å²) in [6.45, 7) is 2.03. The lowest BCUT2D eigenvalue weighted by Crippen LogP contribution is -2.27. The van der Waals surface area contributed by atoms with E-state index in [1.807, 2.05) is 0 Å². The van der Waals surface area contributed by atoms with Crippen molar-refractivity contribution in [3.05, 3.63) is 35.9 Å². The molecule has 0 spiro atoms. The maximum atomic E-state index is 9.94. The quantitative estimate of drug-likeness (QED) is 0.691. The summed E-state index contributed by atoms with van der Waals surface area (Å²) in [5, 5.41) is 8.53. The monoisotopic (exact) mass is 275 g/mol. The predicted octanol–water partition coefficient (Wildman–Crippen LogP) is 0.833. The van der Waals surface area contributed by atoms with Gasteiger partial charge >= 0.3 is 0 Å². The molecule has 1 unspecified atom stereocenters. The standard InChI is InChI=1S/C9H12.C3H9NO4S/c1-2-6-9-7-4-3-5-8-9;4-1-3(5)2-9(6,7)8/h3-5,7-8H,2,6H2,1H3;3,5H,1-2,4H2,(H,6,7,8). The Bertz CT molecular complexity index is 405. The first-order chi connectivity index (χ1) is 8.39. The average Bonchev–Trinajstić information content (AvgIpc) is 2.29. The molecule has 1 aromatic rings. The van der Waals surface area contributed by atoms with E-state index in [1.54, 1.807) is 0 Å². The third kappa shape index (κ3) is 10.2. The van der Waals surface area contributed by atoms with Crippen LogP contribution in [-0.2, 0) is 16.5 Å². The second kappa shape index (κ2) is 9.04. The molecule has 0 saturated heterocycles. The zero-order valence-electron chi connectivity index (χ0n) is 10.5. The van der Waals surface area contributed by atoms with E-state index in [1.165, 1.54) is 18.4 Å². The largest absolute Gasteiger partial charge is 0.391 e. The Labute approximate surface area is 108 Å². The predicted molar refractivity (Wildman–Crippen MR) is 71.9 cm³/mol. The van der Waals surface area contributed by atoms with Gasteiger partial charge in [-0.1, -0.05) is 43.7 Å². The van der Waals surface area contributed by atoms with Gasteiger partial charge in [-0.2, -0.15) is 8.42 Å². The van der Waals surface area contributed by atoms with Gasteiger partial charge in [0.1, 0.15) is 5.75 Å². The van der Waals surface area contributed by atoms with Crippen LogP contribution in [0.5, 0.6) is 0 Å². The van der Waals surface area contributed by atoms with E-state index in [-0.39, 0.29) is 6.54 Å². The summed E-state index contributed by atoms with van der Waals surface area (Å²) >= 11 is 0. The van der Waals surface area contributed by atoms with Crippen LogP contribution in [0.4, 0.5) is 0 Å². The lowest BCUT2D eigenvalue weighted by molar-refractivity contribution is 0.203. The number of nitrogens with two attached hydrogens (primary N) is 1. The molecule has 6 heteroatoms. The summed E-state index contributed by atoms with van der Waals surface area (Å²) in [7, 11) is -4.07. The van der Waals surface area contributed by atoms with Crippen molar-refractivity contribution in [2.24, 2.45) is 5.73 Å². The Kier molecular flexibility index (Phi) is 8.57. The highest BCUT2D eigenvalue weighted by molar-refractivity contribution is 7.85. The van der Waals surface area contributed by atoms with Crippen LogP contribution in [0, 0.1) is 0 Å². The van der Waals surface area contributed by atoms with Gasteiger partial charge in [0.05, 0.1) is 6.10 Å². The molecule has 1 rings (SSSR count). The van der Waals surface area contributed by atoms with Gasteiger partial charge in [0.25, 0.3) is 10.1 Å². The molecule has 1 atom stereocenters. The fourth-order valence-electron chi connectivity index (χ4n) is 1.24. The van der Waals surface area contributed by atoms with Crippen LogP contribution in [0.25, 0.3) is 0 Å². The molecule has 0 aliphatic carbocycles. The molecule has 5 nitrogen and oxygen atoms in total. The Morgan fingerprint density at radius 2 is 1.83 bits per heavy atom. The molecule has 0 fully saturated rings. The van der Waals surface area contributed by atoms with Crippen LogP contribution < -0.4 is 5.73 Å². The van der Waals surface area contributed by atoms with Gasteiger partial charge in [0.15, 0.2) is 0 Å². The summed E-state index contributed by atoms with van der Waals surface area (Å²) in [6, 6.07) is 10.6. The summed E-state index contributed by atoms with van der Waals surface area (Å²) < 4.78 is 28.0. The smallest absolute Gasteiger partial charge is 0.267 e. The van der Waals surface area contributed by atoms with Gasteiger partial charge in [-0.15, -0.1) is 0 Å². The third-order valence-corrected chi connectivity index (χ3v) is 2.86. The fraction of sp³-hybridized carbons (Fsp3) is 0.500. The molecule has 0 amide bonds. The molecular weight excluding hydrogens is 254 g/mol. The minimum absolute atomic E-state index is 0.167. The van der Waals surface area contributed by atoms with Crippen LogP contribution in [0.1, 0.15) is 18.9 Å². The maximum absolute atomic E-state index is 9.94. The number of benzene rings is 1. The van der Waals surface area contributed by atoms with Crippen LogP contribution in [-0.4, -0.2) is 36.5 Å². The van der Waals surface area contributed by atoms with E-state index in [0.29, 0.717) is 0 Å². The number of rotatable bonds is 5. The van der Waals surface area contributed by atoms with Crippen molar-refractivity contribution in [1.82, 2.24) is 0 Å². The first-order valence-corrected chi connectivity index (χ1v) is 7.37. The highest BCUT2D eigenvalue weighted by Gasteiger charge is 2.11. The first-order valence-electron chi connectivity index (χ1n) is 5.76. The summed E-state index contributed by atoms with van der Waals surface area (Å²) in [5.41, 5.74) is 6.30. The molecule has 18 heavy (non-hydrogen) atoms. The van der Waals surface area contributed by atoms with E-state index >= 15 is 0 Å². The second-order valence-electron chi connectivity index (χ2n) is 3.87. The van der Waals surface area contributed by atoms with Crippen LogP contribution in [0.2, 0.25) is 0 Å². The summed E-state index contributed by atoms with van der Waals surface area (Å²) in [6.07, 6.45) is 1.28. The molecule has 0 heterocycles. The van der Waals surface area contributed by atoms with Crippen molar-refractivity contribution in [2.75, 3.05) is 12.3 Å². The van der Waals surface area contributed by atoms with Gasteiger partial charge in [-0.25, -0.2) is 0 Å². The van der Waals surface area contributed by atoms with E-state index in [4.69, 9.17) is 15.4 Å². The lowest BCUT2D eigenvalue weighted by Gasteiger charge is -2.02. The summed E-state index contributed by atoms with van der Waals surface area (Å²) in [4.78, 5) is 0. The molecule has 104 valence electrons. The van der Waals surface area contributed by atoms with Gasteiger partial charge in [0, 0.05) is 6.54 Å². The van der Waals surface area contributed by atoms with E-state index in [0.717, 1.165) is 0 Å². The molecule has 0 radical (unpaired) electrons. The molecule has 0 saturated carbocycles. The van der Waals surface area contributed by atoms with Gasteiger partial charge in [0.2, 0.25) is 0 Å². The zero-order valence-corrected chi connectivity index (χ0v) is 11.3. The SMILES string of the molecule is CCCc1ccccc1.NCC(O)CS(=O)(=O)O. The van der Waals surface area contributed by atoms with Crippen LogP contribution >= 0.6 is 0 Å². The van der Waals surface area contributed by atoms with Crippen molar-refractivity contribution in [2.45, 2.75) is 25.9 Å². The van der Waals surface area contributed by atoms with Gasteiger partial charge < -0.3 is 10.8 Å². The topological polar surface area (TPSA) is 101 Å². The van der Waals surface area contributed by atoms with Crippen molar-refractivity contribution in [3.63, 3.8) is 0 Å². The Balaban J connectivity index is 0.000000321. The normalized spacial score (nSPS) is 12.4. The zero-order chi connectivity index (χ0) is 14.0. The molecule has 4 N–H and O–H groups in total. The van der Waals surface area contributed by atoms with E-state index in [9.17, 15) is 8.42 Å². The Morgan fingerprint density at radius 1 is 1.28 bits per heavy atom. The molecule has 0 aromatic heterocycles. The van der Waals surface area contributed by atoms with Gasteiger partial charge in [-0.05, 0) is 12.0 Å². The van der Waals surface area contributed by atoms with E-state index in [2.05, 4.69) is 37.3 Å². The average molecular weight is 275 g/mol. The minimum atomic E-state index is -4.07. The minimum Gasteiger partial charge on any atom is -0.391 e. The Hall–Kier alpha value is -0.950. The Morgan fingerprint density at radius 3 is 2.17 bits per heavy atom. The molecular formula is C12H21NO4S.